The smallest absolute Gasteiger partial charge is 0.258 e. The number of carbonyl (C=O) groups excluding carboxylic acids is 1. The van der Waals surface area contributed by atoms with E-state index in [1.807, 2.05) is 25.2 Å². The lowest BCUT2D eigenvalue weighted by Crippen LogP contribution is -2.29. The third-order valence-electron chi connectivity index (χ3n) is 3.95. The van der Waals surface area contributed by atoms with Gasteiger partial charge >= 0.3 is 0 Å². The first-order chi connectivity index (χ1) is 13.5. The summed E-state index contributed by atoms with van der Waals surface area (Å²) in [6.07, 6.45) is 2.49. The van der Waals surface area contributed by atoms with E-state index in [9.17, 15) is 4.79 Å². The number of oxazole rings is 1. The highest BCUT2D eigenvalue weighted by Crippen LogP contribution is 2.23. The van der Waals surface area contributed by atoms with Gasteiger partial charge < -0.3 is 14.6 Å². The van der Waals surface area contributed by atoms with Gasteiger partial charge in [0.15, 0.2) is 0 Å². The number of thioether (sulfide) groups is 1. The number of pyridine rings is 1. The summed E-state index contributed by atoms with van der Waals surface area (Å²) in [6.45, 7) is 2.23. The van der Waals surface area contributed by atoms with Crippen molar-refractivity contribution >= 4 is 52.1 Å². The number of benzene rings is 1. The van der Waals surface area contributed by atoms with Crippen molar-refractivity contribution in [2.24, 2.45) is 0 Å². The molecule has 6 nitrogen and oxygen atoms in total. The Morgan fingerprint density at radius 3 is 2.93 bits per heavy atom. The van der Waals surface area contributed by atoms with E-state index in [1.165, 1.54) is 11.8 Å². The van der Waals surface area contributed by atoms with Crippen LogP contribution in [0.15, 0.2) is 46.2 Å². The Hall–Kier alpha value is -1.80. The van der Waals surface area contributed by atoms with Gasteiger partial charge in [-0.05, 0) is 49.8 Å². The number of halogens is 2. The first-order valence-corrected chi connectivity index (χ1v) is 10.5. The van der Waals surface area contributed by atoms with Gasteiger partial charge in [0.1, 0.15) is 5.52 Å². The van der Waals surface area contributed by atoms with Crippen molar-refractivity contribution in [2.45, 2.75) is 18.2 Å². The predicted molar refractivity (Wildman–Crippen MR) is 113 cm³/mol. The first kappa shape index (κ1) is 20.9. The van der Waals surface area contributed by atoms with Crippen molar-refractivity contribution in [3.05, 3.63) is 52.1 Å². The van der Waals surface area contributed by atoms with E-state index < -0.39 is 0 Å². The minimum Gasteiger partial charge on any atom is -0.412 e. The van der Waals surface area contributed by atoms with E-state index in [4.69, 9.17) is 27.6 Å². The molecule has 0 aliphatic rings. The summed E-state index contributed by atoms with van der Waals surface area (Å²) in [5.41, 5.74) is 2.27. The number of rotatable bonds is 9. The van der Waals surface area contributed by atoms with Crippen LogP contribution < -0.4 is 5.32 Å². The molecule has 1 N–H and O–H groups in total. The quantitative estimate of drug-likeness (QED) is 0.397. The minimum absolute atomic E-state index is 0.0487. The normalized spacial score (nSPS) is 11.3. The van der Waals surface area contributed by atoms with Crippen LogP contribution in [0.3, 0.4) is 0 Å². The van der Waals surface area contributed by atoms with E-state index in [2.05, 4.69) is 20.2 Å². The first-order valence-electron chi connectivity index (χ1n) is 8.75. The number of hydrogen-bond acceptors (Lipinski definition) is 6. The second kappa shape index (κ2) is 10.1. The van der Waals surface area contributed by atoms with Gasteiger partial charge in [-0.1, -0.05) is 41.0 Å². The number of fused-ring (bicyclic) bond motifs is 1. The molecule has 0 atom stereocenters. The summed E-state index contributed by atoms with van der Waals surface area (Å²) in [6, 6.07) is 9.26. The van der Waals surface area contributed by atoms with Crippen LogP contribution in [0.4, 0.5) is 0 Å². The Kier molecular flexibility index (Phi) is 7.56. The standard InChI is InChI=1S/C19H20Cl2N4O2S/c1-25(11-13-5-6-14(20)15(21)10-13)9-3-8-22-17(26)12-28-19-24-16-4-2-7-23-18(16)27-19/h2,4-7,10H,3,8-9,11-12H2,1H3,(H,22,26). The van der Waals surface area contributed by atoms with Crippen LogP contribution in [0, 0.1) is 0 Å². The Labute approximate surface area is 177 Å². The zero-order valence-corrected chi connectivity index (χ0v) is 17.7. The molecule has 0 saturated carbocycles. The highest BCUT2D eigenvalue weighted by Gasteiger charge is 2.10. The van der Waals surface area contributed by atoms with E-state index in [0.717, 1.165) is 25.1 Å². The molecule has 0 fully saturated rings. The van der Waals surface area contributed by atoms with Crippen molar-refractivity contribution in [3.63, 3.8) is 0 Å². The van der Waals surface area contributed by atoms with E-state index in [0.29, 0.717) is 33.0 Å². The van der Waals surface area contributed by atoms with Gasteiger partial charge in [0.05, 0.1) is 15.8 Å². The zero-order chi connectivity index (χ0) is 19.9. The fourth-order valence-electron chi connectivity index (χ4n) is 2.60. The van der Waals surface area contributed by atoms with Crippen LogP contribution in [-0.4, -0.2) is 46.7 Å². The number of aromatic nitrogens is 2. The summed E-state index contributed by atoms with van der Waals surface area (Å²) in [5.74, 6) is 0.207. The molecular formula is C19H20Cl2N4O2S. The Bertz CT molecular complexity index is 918. The van der Waals surface area contributed by atoms with Crippen LogP contribution in [0.1, 0.15) is 12.0 Å². The molecule has 1 amide bonds. The third kappa shape index (κ3) is 6.10. The number of amides is 1. The predicted octanol–water partition coefficient (Wildman–Crippen LogP) is 4.26. The van der Waals surface area contributed by atoms with Gasteiger partial charge in [-0.2, -0.15) is 0 Å². The monoisotopic (exact) mass is 438 g/mol. The second-order valence-corrected chi connectivity index (χ2v) is 8.03. The summed E-state index contributed by atoms with van der Waals surface area (Å²) < 4.78 is 5.48. The second-order valence-electron chi connectivity index (χ2n) is 6.29. The molecule has 0 saturated heterocycles. The number of nitrogens with zero attached hydrogens (tertiary/aromatic N) is 3. The molecule has 28 heavy (non-hydrogen) atoms. The maximum Gasteiger partial charge on any atom is 0.258 e. The maximum atomic E-state index is 12.0. The highest BCUT2D eigenvalue weighted by atomic mass is 35.5. The van der Waals surface area contributed by atoms with Gasteiger partial charge in [0.25, 0.3) is 5.22 Å². The van der Waals surface area contributed by atoms with Crippen molar-refractivity contribution in [1.29, 1.82) is 0 Å². The largest absolute Gasteiger partial charge is 0.412 e. The Morgan fingerprint density at radius 2 is 2.14 bits per heavy atom. The molecule has 0 radical (unpaired) electrons. The summed E-state index contributed by atoms with van der Waals surface area (Å²) in [7, 11) is 2.03. The van der Waals surface area contributed by atoms with E-state index >= 15 is 0 Å². The maximum absolute atomic E-state index is 12.0. The molecule has 3 rings (SSSR count). The molecule has 0 bridgehead atoms. The van der Waals surface area contributed by atoms with Gasteiger partial charge in [-0.15, -0.1) is 0 Å². The lowest BCUT2D eigenvalue weighted by atomic mass is 10.2. The van der Waals surface area contributed by atoms with Crippen LogP contribution in [-0.2, 0) is 11.3 Å². The van der Waals surface area contributed by atoms with Crippen LogP contribution in [0.25, 0.3) is 11.2 Å². The molecule has 1 aromatic carbocycles. The molecule has 0 spiro atoms. The lowest BCUT2D eigenvalue weighted by molar-refractivity contribution is -0.118. The molecule has 2 heterocycles. The summed E-state index contributed by atoms with van der Waals surface area (Å²) >= 11 is 13.2. The van der Waals surface area contributed by atoms with Crippen LogP contribution in [0.2, 0.25) is 10.0 Å². The number of nitrogens with one attached hydrogen (secondary N) is 1. The molecule has 9 heteroatoms. The Balaban J connectivity index is 1.33. The van der Waals surface area contributed by atoms with Gasteiger partial charge in [-0.3, -0.25) is 4.79 Å². The number of carbonyl (C=O) groups is 1. The molecule has 148 valence electrons. The average molecular weight is 439 g/mol. The highest BCUT2D eigenvalue weighted by molar-refractivity contribution is 7.99. The third-order valence-corrected chi connectivity index (χ3v) is 5.52. The van der Waals surface area contributed by atoms with Crippen molar-refractivity contribution in [2.75, 3.05) is 25.9 Å². The van der Waals surface area contributed by atoms with Gasteiger partial charge in [0.2, 0.25) is 11.6 Å². The summed E-state index contributed by atoms with van der Waals surface area (Å²) in [5, 5.41) is 4.48. The SMILES string of the molecule is CN(CCCNC(=O)CSc1nc2cccnc2o1)Cc1ccc(Cl)c(Cl)c1. The minimum atomic E-state index is -0.0487. The van der Waals surface area contributed by atoms with E-state index in [1.54, 1.807) is 18.3 Å². The van der Waals surface area contributed by atoms with Gasteiger partial charge in [0, 0.05) is 19.3 Å². The van der Waals surface area contributed by atoms with Crippen LogP contribution in [0.5, 0.6) is 0 Å². The molecule has 3 aromatic rings. The summed E-state index contributed by atoms with van der Waals surface area (Å²) in [4.78, 5) is 22.5. The molecule has 0 unspecified atom stereocenters. The average Bonchev–Trinajstić information content (AvgIpc) is 3.09. The Morgan fingerprint density at radius 1 is 1.29 bits per heavy atom. The lowest BCUT2D eigenvalue weighted by Gasteiger charge is -2.17. The van der Waals surface area contributed by atoms with Crippen molar-refractivity contribution in [1.82, 2.24) is 20.2 Å². The van der Waals surface area contributed by atoms with Gasteiger partial charge in [-0.25, -0.2) is 9.97 Å². The number of hydrogen-bond donors (Lipinski definition) is 1. The molecule has 0 aliphatic heterocycles. The van der Waals surface area contributed by atoms with Crippen molar-refractivity contribution in [3.8, 4) is 0 Å². The molecule has 2 aromatic heterocycles. The fourth-order valence-corrected chi connectivity index (χ4v) is 3.57. The molecule has 0 aliphatic carbocycles. The fraction of sp³-hybridized carbons (Fsp3) is 0.316. The van der Waals surface area contributed by atoms with E-state index in [-0.39, 0.29) is 11.7 Å². The topological polar surface area (TPSA) is 71.3 Å². The zero-order valence-electron chi connectivity index (χ0n) is 15.3. The molecular weight excluding hydrogens is 419 g/mol. The van der Waals surface area contributed by atoms with Crippen molar-refractivity contribution < 1.29 is 9.21 Å². The van der Waals surface area contributed by atoms with Crippen LogP contribution >= 0.6 is 35.0 Å².